The van der Waals surface area contributed by atoms with E-state index in [9.17, 15) is 9.59 Å². The number of rotatable bonds is 1. The lowest BCUT2D eigenvalue weighted by molar-refractivity contribution is -0.120. The fraction of sp³-hybridized carbons (Fsp3) is 0.846. The maximum atomic E-state index is 12.1. The number of nitrogens with one attached hydrogen (secondary N) is 1. The van der Waals surface area contributed by atoms with Gasteiger partial charge in [-0.15, -0.1) is 0 Å². The molecule has 2 atom stereocenters. The molecule has 18 heavy (non-hydrogen) atoms. The molecular formula is C13H22N2O3. The van der Waals surface area contributed by atoms with E-state index in [-0.39, 0.29) is 23.5 Å². The Morgan fingerprint density at radius 2 is 2.17 bits per heavy atom. The zero-order chi connectivity index (χ0) is 13.6. The van der Waals surface area contributed by atoms with Crippen LogP contribution in [0.25, 0.3) is 0 Å². The van der Waals surface area contributed by atoms with Gasteiger partial charge in [-0.3, -0.25) is 4.79 Å². The summed E-state index contributed by atoms with van der Waals surface area (Å²) in [4.78, 5) is 25.2. The molecule has 2 saturated heterocycles. The first kappa shape index (κ1) is 13.2. The zero-order valence-electron chi connectivity index (χ0n) is 11.6. The lowest BCUT2D eigenvalue weighted by Gasteiger charge is -2.53. The van der Waals surface area contributed by atoms with Gasteiger partial charge in [0.25, 0.3) is 0 Å². The normalized spacial score (nSPS) is 31.9. The predicted molar refractivity (Wildman–Crippen MR) is 67.1 cm³/mol. The fourth-order valence-electron chi connectivity index (χ4n) is 2.66. The van der Waals surface area contributed by atoms with Crippen molar-refractivity contribution in [2.75, 3.05) is 13.1 Å². The van der Waals surface area contributed by atoms with Crippen LogP contribution >= 0.6 is 0 Å². The average molecular weight is 254 g/mol. The van der Waals surface area contributed by atoms with Gasteiger partial charge in [-0.2, -0.15) is 0 Å². The summed E-state index contributed by atoms with van der Waals surface area (Å²) in [5.41, 5.74) is -0.710. The minimum Gasteiger partial charge on any atom is -0.444 e. The van der Waals surface area contributed by atoms with Crippen LogP contribution in [0.5, 0.6) is 0 Å². The molecule has 2 rings (SSSR count). The minimum absolute atomic E-state index is 0.0808. The van der Waals surface area contributed by atoms with Crippen molar-refractivity contribution in [1.82, 2.24) is 10.2 Å². The van der Waals surface area contributed by atoms with E-state index in [4.69, 9.17) is 4.74 Å². The average Bonchev–Trinajstić information content (AvgIpc) is 2.59. The summed E-state index contributed by atoms with van der Waals surface area (Å²) in [5, 5.41) is 2.83. The summed E-state index contributed by atoms with van der Waals surface area (Å²) in [6.45, 7) is 9.02. The highest BCUT2D eigenvalue weighted by Gasteiger charge is 2.52. The van der Waals surface area contributed by atoms with Crippen LogP contribution in [0, 0.1) is 5.92 Å². The first-order valence-corrected chi connectivity index (χ1v) is 6.50. The maximum absolute atomic E-state index is 12.1. The molecule has 0 aromatic heterocycles. The van der Waals surface area contributed by atoms with Crippen molar-refractivity contribution in [2.45, 2.75) is 51.7 Å². The molecule has 2 aliphatic heterocycles. The Hall–Kier alpha value is -1.26. The largest absolute Gasteiger partial charge is 0.444 e. The molecule has 0 aromatic rings. The van der Waals surface area contributed by atoms with Crippen LogP contribution in [0.4, 0.5) is 4.79 Å². The number of hydrogen-bond acceptors (Lipinski definition) is 3. The lowest BCUT2D eigenvalue weighted by atomic mass is 9.75. The SMILES string of the molecule is CC(C)(C)OC(=O)N1CCC1(C)C1CNC(=O)C1. The van der Waals surface area contributed by atoms with Crippen LogP contribution in [-0.4, -0.2) is 41.1 Å². The third-order valence-corrected chi connectivity index (χ3v) is 3.93. The van der Waals surface area contributed by atoms with E-state index in [1.165, 1.54) is 0 Å². The number of likely N-dealkylation sites (tertiary alicyclic amines) is 1. The quantitative estimate of drug-likeness (QED) is 0.772. The van der Waals surface area contributed by atoms with Crippen molar-refractivity contribution in [1.29, 1.82) is 0 Å². The van der Waals surface area contributed by atoms with Gasteiger partial charge in [-0.1, -0.05) is 0 Å². The second-order valence-corrected chi connectivity index (χ2v) is 6.44. The van der Waals surface area contributed by atoms with Crippen LogP contribution in [-0.2, 0) is 9.53 Å². The Morgan fingerprint density at radius 1 is 1.50 bits per heavy atom. The zero-order valence-corrected chi connectivity index (χ0v) is 11.6. The highest BCUT2D eigenvalue weighted by molar-refractivity contribution is 5.79. The summed E-state index contributed by atoms with van der Waals surface area (Å²) in [7, 11) is 0. The fourth-order valence-corrected chi connectivity index (χ4v) is 2.66. The molecular weight excluding hydrogens is 232 g/mol. The molecule has 2 amide bonds. The van der Waals surface area contributed by atoms with Gasteiger partial charge in [-0.25, -0.2) is 4.79 Å². The third-order valence-electron chi connectivity index (χ3n) is 3.93. The second kappa shape index (κ2) is 4.14. The second-order valence-electron chi connectivity index (χ2n) is 6.44. The molecule has 2 heterocycles. The molecule has 0 aliphatic carbocycles. The Balaban J connectivity index is 2.02. The highest BCUT2D eigenvalue weighted by Crippen LogP contribution is 2.40. The van der Waals surface area contributed by atoms with Crippen LogP contribution in [0.2, 0.25) is 0 Å². The minimum atomic E-state index is -0.475. The van der Waals surface area contributed by atoms with Gasteiger partial charge in [0.05, 0.1) is 5.54 Å². The number of amides is 2. The highest BCUT2D eigenvalue weighted by atomic mass is 16.6. The van der Waals surface area contributed by atoms with Crippen LogP contribution < -0.4 is 5.32 Å². The molecule has 2 unspecified atom stereocenters. The van der Waals surface area contributed by atoms with Gasteiger partial charge in [0.2, 0.25) is 5.91 Å². The van der Waals surface area contributed by atoms with Gasteiger partial charge in [0.15, 0.2) is 0 Å². The number of carbonyl (C=O) groups is 2. The van der Waals surface area contributed by atoms with Crippen LogP contribution in [0.1, 0.15) is 40.5 Å². The first-order chi connectivity index (χ1) is 8.22. The van der Waals surface area contributed by atoms with E-state index in [0.29, 0.717) is 13.0 Å². The standard InChI is InChI=1S/C13H22N2O3/c1-12(2,3)18-11(17)15-6-5-13(15,4)9-7-10(16)14-8-9/h9H,5-8H2,1-4H3,(H,14,16). The summed E-state index contributed by atoms with van der Waals surface area (Å²) in [5.74, 6) is 0.281. The predicted octanol–water partition coefficient (Wildman–Crippen LogP) is 1.52. The molecule has 0 bridgehead atoms. The Kier molecular flexibility index (Phi) is 3.03. The van der Waals surface area contributed by atoms with Gasteiger partial charge in [0.1, 0.15) is 5.60 Å². The molecule has 102 valence electrons. The van der Waals surface area contributed by atoms with Gasteiger partial charge >= 0.3 is 6.09 Å². The van der Waals surface area contributed by atoms with Crippen molar-refractivity contribution in [3.05, 3.63) is 0 Å². The summed E-state index contributed by atoms with van der Waals surface area (Å²) in [6.07, 6.45) is 1.18. The third kappa shape index (κ3) is 2.31. The molecule has 0 spiro atoms. The smallest absolute Gasteiger partial charge is 0.410 e. The summed E-state index contributed by atoms with van der Waals surface area (Å²) < 4.78 is 5.41. The molecule has 2 aliphatic rings. The first-order valence-electron chi connectivity index (χ1n) is 6.50. The molecule has 0 aromatic carbocycles. The monoisotopic (exact) mass is 254 g/mol. The molecule has 1 N–H and O–H groups in total. The van der Waals surface area contributed by atoms with Gasteiger partial charge < -0.3 is 15.0 Å². The molecule has 0 saturated carbocycles. The maximum Gasteiger partial charge on any atom is 0.410 e. The number of carbonyl (C=O) groups excluding carboxylic acids is 2. The van der Waals surface area contributed by atoms with E-state index in [2.05, 4.69) is 5.32 Å². The van der Waals surface area contributed by atoms with E-state index in [0.717, 1.165) is 13.0 Å². The number of nitrogens with zero attached hydrogens (tertiary/aromatic N) is 1. The van der Waals surface area contributed by atoms with Crippen molar-refractivity contribution in [3.8, 4) is 0 Å². The summed E-state index contributed by atoms with van der Waals surface area (Å²) in [6, 6.07) is 0. The number of hydrogen-bond donors (Lipinski definition) is 1. The van der Waals surface area contributed by atoms with E-state index >= 15 is 0 Å². The van der Waals surface area contributed by atoms with Crippen molar-refractivity contribution < 1.29 is 14.3 Å². The topological polar surface area (TPSA) is 58.6 Å². The van der Waals surface area contributed by atoms with E-state index in [1.54, 1.807) is 4.90 Å². The van der Waals surface area contributed by atoms with Crippen molar-refractivity contribution in [2.24, 2.45) is 5.92 Å². The van der Waals surface area contributed by atoms with Crippen LogP contribution in [0.3, 0.4) is 0 Å². The van der Waals surface area contributed by atoms with Gasteiger partial charge in [0, 0.05) is 25.4 Å². The Morgan fingerprint density at radius 3 is 2.56 bits per heavy atom. The molecule has 5 heteroatoms. The van der Waals surface area contributed by atoms with Gasteiger partial charge in [-0.05, 0) is 34.1 Å². The Labute approximate surface area is 108 Å². The summed E-state index contributed by atoms with van der Waals surface area (Å²) >= 11 is 0. The molecule has 0 radical (unpaired) electrons. The van der Waals surface area contributed by atoms with Crippen molar-refractivity contribution >= 4 is 12.0 Å². The molecule has 2 fully saturated rings. The molecule has 5 nitrogen and oxygen atoms in total. The number of ether oxygens (including phenoxy) is 1. The van der Waals surface area contributed by atoms with Crippen LogP contribution in [0.15, 0.2) is 0 Å². The van der Waals surface area contributed by atoms with Crippen molar-refractivity contribution in [3.63, 3.8) is 0 Å². The lowest BCUT2D eigenvalue weighted by Crippen LogP contribution is -2.65. The van der Waals surface area contributed by atoms with E-state index in [1.807, 2.05) is 27.7 Å². The van der Waals surface area contributed by atoms with E-state index < -0.39 is 5.60 Å². The Bertz CT molecular complexity index is 375.